The first kappa shape index (κ1) is 19.8. The Balaban J connectivity index is 1.71. The van der Waals surface area contributed by atoms with Crippen LogP contribution in [0.25, 0.3) is 6.08 Å². The van der Waals surface area contributed by atoms with Gasteiger partial charge in [-0.05, 0) is 59.7 Å². The van der Waals surface area contributed by atoms with Crippen LogP contribution in [0, 0.1) is 0 Å². The molecular weight excluding hydrogens is 368 g/mol. The van der Waals surface area contributed by atoms with E-state index < -0.39 is 5.97 Å². The molecule has 0 unspecified atom stereocenters. The Morgan fingerprint density at radius 2 is 1.79 bits per heavy atom. The molecule has 0 amide bonds. The molecule has 0 fully saturated rings. The molecule has 0 heterocycles. The van der Waals surface area contributed by atoms with E-state index in [-0.39, 0.29) is 0 Å². The van der Waals surface area contributed by atoms with Crippen molar-refractivity contribution in [3.63, 3.8) is 0 Å². The van der Waals surface area contributed by atoms with Crippen LogP contribution >= 0.6 is 11.8 Å². The van der Waals surface area contributed by atoms with Gasteiger partial charge in [0.2, 0.25) is 0 Å². The van der Waals surface area contributed by atoms with E-state index in [0.29, 0.717) is 12.2 Å². The highest BCUT2D eigenvalue weighted by molar-refractivity contribution is 7.98. The van der Waals surface area contributed by atoms with Gasteiger partial charge in [-0.2, -0.15) is 0 Å². The van der Waals surface area contributed by atoms with Crippen LogP contribution in [0.2, 0.25) is 0 Å². The van der Waals surface area contributed by atoms with Crippen molar-refractivity contribution in [2.45, 2.75) is 17.9 Å². The lowest BCUT2D eigenvalue weighted by molar-refractivity contribution is 0.0697. The van der Waals surface area contributed by atoms with Gasteiger partial charge in [0, 0.05) is 4.90 Å². The normalized spacial score (nSPS) is 10.9. The zero-order valence-electron chi connectivity index (χ0n) is 15.7. The van der Waals surface area contributed by atoms with E-state index in [1.54, 1.807) is 23.9 Å². The third-order valence-electron chi connectivity index (χ3n) is 4.31. The number of hydrogen-bond donors (Lipinski definition) is 1. The predicted molar refractivity (Wildman–Crippen MR) is 115 cm³/mol. The number of rotatable bonds is 8. The molecule has 0 aliphatic heterocycles. The maximum atomic E-state index is 10.9. The highest BCUT2D eigenvalue weighted by atomic mass is 32.2. The quantitative estimate of drug-likeness (QED) is 0.483. The summed E-state index contributed by atoms with van der Waals surface area (Å²) in [6.45, 7) is 0.535. The average molecular weight is 391 g/mol. The Kier molecular flexibility index (Phi) is 6.93. The molecule has 0 atom stereocenters. The smallest absolute Gasteiger partial charge is 0.335 e. The third-order valence-corrected chi connectivity index (χ3v) is 5.04. The first-order valence-electron chi connectivity index (χ1n) is 8.99. The third kappa shape index (κ3) is 5.51. The molecule has 0 saturated carbocycles. The summed E-state index contributed by atoms with van der Waals surface area (Å²) >= 11 is 1.71. The molecule has 142 valence electrons. The van der Waals surface area contributed by atoms with Crippen LogP contribution in [0.5, 0.6) is 5.75 Å². The van der Waals surface area contributed by atoms with Crippen LogP contribution in [0.15, 0.2) is 83.8 Å². The van der Waals surface area contributed by atoms with Crippen LogP contribution in [0.3, 0.4) is 0 Å². The highest BCUT2D eigenvalue weighted by Gasteiger charge is 2.05. The Morgan fingerprint density at radius 1 is 1.04 bits per heavy atom. The molecule has 0 spiro atoms. The molecule has 0 aliphatic rings. The van der Waals surface area contributed by atoms with E-state index in [9.17, 15) is 4.79 Å². The van der Waals surface area contributed by atoms with Gasteiger partial charge >= 0.3 is 5.97 Å². The van der Waals surface area contributed by atoms with Crippen molar-refractivity contribution in [3.05, 3.63) is 101 Å². The minimum Gasteiger partial charge on any atom is -0.489 e. The zero-order valence-corrected chi connectivity index (χ0v) is 16.5. The molecule has 0 aliphatic carbocycles. The van der Waals surface area contributed by atoms with Gasteiger partial charge in [-0.3, -0.25) is 0 Å². The number of hydrogen-bond acceptors (Lipinski definition) is 3. The number of carboxylic acids is 1. The standard InChI is InChI=1S/C24H22O3S/c1-28-22-14-15-23(27-17-19-6-3-2-4-7-19)21(16-22)9-5-8-18-10-12-20(13-11-18)24(25)26/h2-8,10-16H,9,17H2,1H3,(H,25,26)/b8-5-. The lowest BCUT2D eigenvalue weighted by atomic mass is 10.1. The molecule has 3 rings (SSSR count). The molecule has 3 nitrogen and oxygen atoms in total. The summed E-state index contributed by atoms with van der Waals surface area (Å²) in [6.07, 6.45) is 6.87. The van der Waals surface area contributed by atoms with E-state index in [1.165, 1.54) is 4.90 Å². The van der Waals surface area contributed by atoms with Gasteiger partial charge in [-0.15, -0.1) is 11.8 Å². The summed E-state index contributed by atoms with van der Waals surface area (Å²) in [4.78, 5) is 12.1. The number of carbonyl (C=O) groups is 1. The summed E-state index contributed by atoms with van der Waals surface area (Å²) < 4.78 is 6.06. The van der Waals surface area contributed by atoms with Gasteiger partial charge in [0.05, 0.1) is 5.56 Å². The van der Waals surface area contributed by atoms with E-state index in [4.69, 9.17) is 9.84 Å². The molecule has 3 aromatic carbocycles. The van der Waals surface area contributed by atoms with Gasteiger partial charge in [0.15, 0.2) is 0 Å². The fourth-order valence-electron chi connectivity index (χ4n) is 2.78. The van der Waals surface area contributed by atoms with Crippen LogP contribution in [-0.2, 0) is 13.0 Å². The summed E-state index contributed by atoms with van der Waals surface area (Å²) in [5.41, 5.74) is 3.52. The van der Waals surface area contributed by atoms with Crippen molar-refractivity contribution >= 4 is 23.8 Å². The number of aromatic carboxylic acids is 1. The van der Waals surface area contributed by atoms with Crippen molar-refractivity contribution in [1.82, 2.24) is 0 Å². The number of thioether (sulfide) groups is 1. The number of benzene rings is 3. The van der Waals surface area contributed by atoms with Crippen molar-refractivity contribution < 1.29 is 14.6 Å². The van der Waals surface area contributed by atoms with E-state index in [2.05, 4.69) is 36.6 Å². The maximum Gasteiger partial charge on any atom is 0.335 e. The SMILES string of the molecule is CSc1ccc(OCc2ccccc2)c(C/C=C\c2ccc(C(=O)O)cc2)c1. The molecule has 4 heteroatoms. The van der Waals surface area contributed by atoms with Crippen molar-refractivity contribution in [2.75, 3.05) is 6.26 Å². The summed E-state index contributed by atoms with van der Waals surface area (Å²) in [6, 6.07) is 23.2. The Labute approximate surface area is 169 Å². The molecule has 0 radical (unpaired) electrons. The highest BCUT2D eigenvalue weighted by Crippen LogP contribution is 2.26. The average Bonchev–Trinajstić information content (AvgIpc) is 2.74. The number of carboxylic acid groups (broad SMARTS) is 1. The molecule has 0 aromatic heterocycles. The minimum absolute atomic E-state index is 0.293. The minimum atomic E-state index is -0.912. The Bertz CT molecular complexity index is 947. The van der Waals surface area contributed by atoms with Gasteiger partial charge in [-0.1, -0.05) is 54.6 Å². The summed E-state index contributed by atoms with van der Waals surface area (Å²) in [5.74, 6) is -0.0304. The molecule has 0 saturated heterocycles. The Hall–Kier alpha value is -2.98. The van der Waals surface area contributed by atoms with Gasteiger partial charge < -0.3 is 9.84 Å². The molecule has 28 heavy (non-hydrogen) atoms. The Morgan fingerprint density at radius 3 is 2.46 bits per heavy atom. The van der Waals surface area contributed by atoms with Crippen molar-refractivity contribution in [3.8, 4) is 5.75 Å². The fraction of sp³-hybridized carbons (Fsp3) is 0.125. The first-order chi connectivity index (χ1) is 13.7. The molecule has 3 aromatic rings. The van der Waals surface area contributed by atoms with Gasteiger partial charge in [0.1, 0.15) is 12.4 Å². The second-order valence-electron chi connectivity index (χ2n) is 6.28. The summed E-state index contributed by atoms with van der Waals surface area (Å²) in [5, 5.41) is 8.98. The van der Waals surface area contributed by atoms with E-state index in [1.807, 2.05) is 42.5 Å². The lowest BCUT2D eigenvalue weighted by Gasteiger charge is -2.12. The fourth-order valence-corrected chi connectivity index (χ4v) is 3.24. The number of ether oxygens (including phenoxy) is 1. The first-order valence-corrected chi connectivity index (χ1v) is 10.2. The molecule has 0 bridgehead atoms. The lowest BCUT2D eigenvalue weighted by Crippen LogP contribution is -1.98. The second-order valence-corrected chi connectivity index (χ2v) is 7.16. The second kappa shape index (κ2) is 9.81. The van der Waals surface area contributed by atoms with Crippen LogP contribution < -0.4 is 4.74 Å². The maximum absolute atomic E-state index is 10.9. The van der Waals surface area contributed by atoms with E-state index >= 15 is 0 Å². The monoisotopic (exact) mass is 390 g/mol. The van der Waals surface area contributed by atoms with Gasteiger partial charge in [-0.25, -0.2) is 4.79 Å². The topological polar surface area (TPSA) is 46.5 Å². The van der Waals surface area contributed by atoms with Gasteiger partial charge in [0.25, 0.3) is 0 Å². The zero-order chi connectivity index (χ0) is 19.8. The van der Waals surface area contributed by atoms with Crippen LogP contribution in [0.4, 0.5) is 0 Å². The molecule has 1 N–H and O–H groups in total. The van der Waals surface area contributed by atoms with Crippen molar-refractivity contribution in [2.24, 2.45) is 0 Å². The van der Waals surface area contributed by atoms with Crippen LogP contribution in [-0.4, -0.2) is 17.3 Å². The number of allylic oxidation sites excluding steroid dienone is 1. The molecular formula is C24H22O3S. The van der Waals surface area contributed by atoms with Crippen molar-refractivity contribution in [1.29, 1.82) is 0 Å². The summed E-state index contributed by atoms with van der Waals surface area (Å²) in [7, 11) is 0. The van der Waals surface area contributed by atoms with E-state index in [0.717, 1.165) is 28.9 Å². The predicted octanol–water partition coefficient (Wildman–Crippen LogP) is 5.94. The largest absolute Gasteiger partial charge is 0.489 e. The van der Waals surface area contributed by atoms with Crippen LogP contribution in [0.1, 0.15) is 27.0 Å².